The van der Waals surface area contributed by atoms with Crippen LogP contribution in [0.4, 0.5) is 11.5 Å². The largest absolute Gasteiger partial charge is 0.497 e. The lowest BCUT2D eigenvalue weighted by molar-refractivity contribution is 0.0697. The number of aromatic carboxylic acids is 1. The molecule has 20 heavy (non-hydrogen) atoms. The lowest BCUT2D eigenvalue weighted by atomic mass is 10.2. The lowest BCUT2D eigenvalue weighted by Gasteiger charge is -2.11. The number of nitrogens with zero attached hydrogens (tertiary/aromatic N) is 1. The SMILES string of the molecule is COc1ccc(Nc2cc(C(=O)O)c(Cl)cn2)c(C)c1. The van der Waals surface area contributed by atoms with Gasteiger partial charge in [-0.05, 0) is 36.8 Å². The van der Waals surface area contributed by atoms with E-state index in [2.05, 4.69) is 10.3 Å². The van der Waals surface area contributed by atoms with Gasteiger partial charge < -0.3 is 15.2 Å². The van der Waals surface area contributed by atoms with E-state index >= 15 is 0 Å². The minimum atomic E-state index is -1.09. The quantitative estimate of drug-likeness (QED) is 0.902. The van der Waals surface area contributed by atoms with Crippen LogP contribution in [-0.2, 0) is 0 Å². The Morgan fingerprint density at radius 2 is 2.15 bits per heavy atom. The molecular formula is C14H13ClN2O3. The highest BCUT2D eigenvalue weighted by molar-refractivity contribution is 6.33. The Morgan fingerprint density at radius 3 is 2.75 bits per heavy atom. The molecule has 0 aliphatic carbocycles. The average Bonchev–Trinajstić information content (AvgIpc) is 2.42. The third-order valence-electron chi connectivity index (χ3n) is 2.78. The van der Waals surface area contributed by atoms with Crippen LogP contribution >= 0.6 is 11.6 Å². The molecule has 5 nitrogen and oxygen atoms in total. The topological polar surface area (TPSA) is 71.5 Å². The van der Waals surface area contributed by atoms with E-state index in [0.717, 1.165) is 17.0 Å². The van der Waals surface area contributed by atoms with E-state index in [4.69, 9.17) is 21.4 Å². The molecule has 2 rings (SSSR count). The zero-order valence-electron chi connectivity index (χ0n) is 11.0. The zero-order chi connectivity index (χ0) is 14.7. The van der Waals surface area contributed by atoms with E-state index in [1.54, 1.807) is 7.11 Å². The Labute approximate surface area is 121 Å². The van der Waals surface area contributed by atoms with Crippen molar-refractivity contribution in [3.05, 3.63) is 46.6 Å². The standard InChI is InChI=1S/C14H13ClN2O3/c1-8-5-9(20-2)3-4-12(8)17-13-6-10(14(18)19)11(15)7-16-13/h3-7H,1-2H3,(H,16,17)(H,18,19). The molecule has 6 heteroatoms. The Bertz CT molecular complexity index is 659. The molecule has 0 aliphatic rings. The number of halogens is 1. The zero-order valence-corrected chi connectivity index (χ0v) is 11.7. The monoisotopic (exact) mass is 292 g/mol. The van der Waals surface area contributed by atoms with E-state index in [0.29, 0.717) is 5.82 Å². The van der Waals surface area contributed by atoms with Crippen LogP contribution in [-0.4, -0.2) is 23.2 Å². The fraction of sp³-hybridized carbons (Fsp3) is 0.143. The van der Waals surface area contributed by atoms with Gasteiger partial charge >= 0.3 is 5.97 Å². The second-order valence-corrected chi connectivity index (χ2v) is 4.57. The van der Waals surface area contributed by atoms with Crippen molar-refractivity contribution < 1.29 is 14.6 Å². The number of carboxylic acids is 1. The molecule has 0 unspecified atom stereocenters. The number of rotatable bonds is 4. The summed E-state index contributed by atoms with van der Waals surface area (Å²) in [5.41, 5.74) is 1.78. The van der Waals surface area contributed by atoms with Crippen LogP contribution in [0, 0.1) is 6.92 Å². The summed E-state index contributed by atoms with van der Waals surface area (Å²) in [6.45, 7) is 1.92. The minimum absolute atomic E-state index is 0.00957. The first-order valence-corrected chi connectivity index (χ1v) is 6.19. The average molecular weight is 293 g/mol. The molecular weight excluding hydrogens is 280 g/mol. The van der Waals surface area contributed by atoms with Gasteiger partial charge in [0, 0.05) is 11.9 Å². The highest BCUT2D eigenvalue weighted by Gasteiger charge is 2.11. The van der Waals surface area contributed by atoms with Crippen LogP contribution in [0.2, 0.25) is 5.02 Å². The van der Waals surface area contributed by atoms with Gasteiger partial charge in [0.25, 0.3) is 0 Å². The molecule has 2 aromatic rings. The second-order valence-electron chi connectivity index (χ2n) is 4.16. The maximum atomic E-state index is 11.0. The normalized spacial score (nSPS) is 10.2. The number of hydrogen-bond acceptors (Lipinski definition) is 4. The van der Waals surface area contributed by atoms with Gasteiger partial charge in [0.15, 0.2) is 0 Å². The Kier molecular flexibility index (Phi) is 4.10. The fourth-order valence-electron chi connectivity index (χ4n) is 1.71. The molecule has 0 amide bonds. The summed E-state index contributed by atoms with van der Waals surface area (Å²) in [6.07, 6.45) is 1.31. The molecule has 104 valence electrons. The van der Waals surface area contributed by atoms with Crippen molar-refractivity contribution in [2.75, 3.05) is 12.4 Å². The number of pyridine rings is 1. The summed E-state index contributed by atoms with van der Waals surface area (Å²) in [4.78, 5) is 15.1. The number of carboxylic acid groups (broad SMARTS) is 1. The van der Waals surface area contributed by atoms with Crippen LogP contribution in [0.25, 0.3) is 0 Å². The molecule has 0 saturated heterocycles. The number of hydrogen-bond donors (Lipinski definition) is 2. The summed E-state index contributed by atoms with van der Waals surface area (Å²) in [5, 5.41) is 12.2. The number of benzene rings is 1. The van der Waals surface area contributed by atoms with E-state index < -0.39 is 5.97 Å². The summed E-state index contributed by atoms with van der Waals surface area (Å²) in [5.74, 6) is 0.0790. The van der Waals surface area contributed by atoms with Crippen molar-refractivity contribution in [1.29, 1.82) is 0 Å². The molecule has 2 N–H and O–H groups in total. The van der Waals surface area contributed by atoms with Gasteiger partial charge in [-0.15, -0.1) is 0 Å². The fourth-order valence-corrected chi connectivity index (χ4v) is 1.90. The number of anilines is 2. The number of aryl methyl sites for hydroxylation is 1. The maximum absolute atomic E-state index is 11.0. The number of methoxy groups -OCH3 is 1. The molecule has 0 aliphatic heterocycles. The highest BCUT2D eigenvalue weighted by Crippen LogP contribution is 2.25. The predicted molar refractivity (Wildman–Crippen MR) is 77.2 cm³/mol. The molecule has 1 heterocycles. The van der Waals surface area contributed by atoms with Gasteiger partial charge in [0.05, 0.1) is 17.7 Å². The van der Waals surface area contributed by atoms with E-state index in [1.165, 1.54) is 12.3 Å². The molecule has 0 saturated carbocycles. The Morgan fingerprint density at radius 1 is 1.40 bits per heavy atom. The highest BCUT2D eigenvalue weighted by atomic mass is 35.5. The molecule has 1 aromatic carbocycles. The van der Waals surface area contributed by atoms with Crippen LogP contribution < -0.4 is 10.1 Å². The van der Waals surface area contributed by atoms with Crippen molar-refractivity contribution in [2.45, 2.75) is 6.92 Å². The second kappa shape index (κ2) is 5.79. The molecule has 0 spiro atoms. The molecule has 0 fully saturated rings. The van der Waals surface area contributed by atoms with Gasteiger partial charge in [-0.2, -0.15) is 0 Å². The summed E-state index contributed by atoms with van der Waals surface area (Å²) in [6, 6.07) is 6.92. The van der Waals surface area contributed by atoms with Gasteiger partial charge in [-0.25, -0.2) is 9.78 Å². The van der Waals surface area contributed by atoms with Crippen molar-refractivity contribution in [2.24, 2.45) is 0 Å². The third-order valence-corrected chi connectivity index (χ3v) is 3.08. The summed E-state index contributed by atoms with van der Waals surface area (Å²) < 4.78 is 5.13. The van der Waals surface area contributed by atoms with Gasteiger partial charge in [0.1, 0.15) is 11.6 Å². The third kappa shape index (κ3) is 3.00. The summed E-state index contributed by atoms with van der Waals surface area (Å²) in [7, 11) is 1.60. The van der Waals surface area contributed by atoms with Crippen molar-refractivity contribution in [3.63, 3.8) is 0 Å². The van der Waals surface area contributed by atoms with E-state index in [-0.39, 0.29) is 10.6 Å². The van der Waals surface area contributed by atoms with Gasteiger partial charge in [-0.3, -0.25) is 0 Å². The maximum Gasteiger partial charge on any atom is 0.337 e. The molecule has 0 radical (unpaired) electrons. The number of carbonyl (C=O) groups is 1. The Hall–Kier alpha value is -2.27. The lowest BCUT2D eigenvalue weighted by Crippen LogP contribution is -2.02. The van der Waals surface area contributed by atoms with Crippen molar-refractivity contribution in [3.8, 4) is 5.75 Å². The first kappa shape index (κ1) is 14.1. The molecule has 0 atom stereocenters. The molecule has 0 bridgehead atoms. The number of nitrogens with one attached hydrogen (secondary N) is 1. The van der Waals surface area contributed by atoms with Crippen LogP contribution in [0.15, 0.2) is 30.5 Å². The minimum Gasteiger partial charge on any atom is -0.497 e. The summed E-state index contributed by atoms with van der Waals surface area (Å²) >= 11 is 5.78. The first-order chi connectivity index (χ1) is 9.51. The van der Waals surface area contributed by atoms with Crippen LogP contribution in [0.3, 0.4) is 0 Å². The predicted octanol–water partition coefficient (Wildman–Crippen LogP) is 3.49. The first-order valence-electron chi connectivity index (χ1n) is 5.81. The Balaban J connectivity index is 2.30. The smallest absolute Gasteiger partial charge is 0.337 e. The van der Waals surface area contributed by atoms with Crippen molar-refractivity contribution in [1.82, 2.24) is 4.98 Å². The van der Waals surface area contributed by atoms with Crippen LogP contribution in [0.1, 0.15) is 15.9 Å². The number of ether oxygens (including phenoxy) is 1. The van der Waals surface area contributed by atoms with Gasteiger partial charge in [-0.1, -0.05) is 11.6 Å². The van der Waals surface area contributed by atoms with Gasteiger partial charge in [0.2, 0.25) is 0 Å². The van der Waals surface area contributed by atoms with E-state index in [9.17, 15) is 4.79 Å². The van der Waals surface area contributed by atoms with Crippen LogP contribution in [0.5, 0.6) is 5.75 Å². The van der Waals surface area contributed by atoms with Crippen molar-refractivity contribution >= 4 is 29.1 Å². The molecule has 1 aromatic heterocycles. The number of aromatic nitrogens is 1. The van der Waals surface area contributed by atoms with E-state index in [1.807, 2.05) is 25.1 Å².